The van der Waals surface area contributed by atoms with Crippen LogP contribution in [0.4, 0.5) is 0 Å². The first-order valence-corrected chi connectivity index (χ1v) is 5.96. The van der Waals surface area contributed by atoms with Gasteiger partial charge < -0.3 is 9.84 Å². The number of halogens is 2. The van der Waals surface area contributed by atoms with E-state index in [-0.39, 0.29) is 0 Å². The summed E-state index contributed by atoms with van der Waals surface area (Å²) in [5, 5.41) is 9.68. The predicted octanol–water partition coefficient (Wildman–Crippen LogP) is 2.79. The zero-order valence-electron chi connectivity index (χ0n) is 7.18. The van der Waals surface area contributed by atoms with Crippen LogP contribution in [0.15, 0.2) is 12.1 Å². The Hall–Kier alpha value is 0.440. The maximum atomic E-state index is 9.68. The SMILES string of the molecule is COCCc1cc(I)cc(I)c1O. The van der Waals surface area contributed by atoms with Gasteiger partial charge in [0.05, 0.1) is 10.2 Å². The van der Waals surface area contributed by atoms with Crippen molar-refractivity contribution in [1.29, 1.82) is 0 Å². The van der Waals surface area contributed by atoms with Crippen LogP contribution in [-0.4, -0.2) is 18.8 Å². The Morgan fingerprint density at radius 2 is 2.08 bits per heavy atom. The molecule has 1 aromatic carbocycles. The van der Waals surface area contributed by atoms with Gasteiger partial charge in [0.15, 0.2) is 0 Å². The van der Waals surface area contributed by atoms with Gasteiger partial charge in [-0.3, -0.25) is 0 Å². The average molecular weight is 404 g/mol. The second kappa shape index (κ2) is 5.35. The highest BCUT2D eigenvalue weighted by atomic mass is 127. The quantitative estimate of drug-likeness (QED) is 0.786. The molecule has 0 aliphatic carbocycles. The molecule has 0 spiro atoms. The van der Waals surface area contributed by atoms with E-state index in [1.165, 1.54) is 0 Å². The number of hydrogen-bond acceptors (Lipinski definition) is 2. The molecular weight excluding hydrogens is 394 g/mol. The Morgan fingerprint density at radius 1 is 1.38 bits per heavy atom. The van der Waals surface area contributed by atoms with E-state index in [0.717, 1.165) is 19.1 Å². The summed E-state index contributed by atoms with van der Waals surface area (Å²) in [6.07, 6.45) is 0.759. The third-order valence-corrected chi connectivity index (χ3v) is 3.13. The first-order chi connectivity index (χ1) is 6.15. The highest BCUT2D eigenvalue weighted by Crippen LogP contribution is 2.27. The van der Waals surface area contributed by atoms with E-state index in [0.29, 0.717) is 12.4 Å². The summed E-state index contributed by atoms with van der Waals surface area (Å²) < 4.78 is 7.01. The lowest BCUT2D eigenvalue weighted by atomic mass is 10.1. The lowest BCUT2D eigenvalue weighted by Gasteiger charge is -2.06. The number of aromatic hydroxyl groups is 1. The number of phenols is 1. The second-order valence-electron chi connectivity index (χ2n) is 2.64. The van der Waals surface area contributed by atoms with Gasteiger partial charge in [-0.1, -0.05) is 0 Å². The molecule has 1 aromatic rings. The molecule has 2 nitrogen and oxygen atoms in total. The second-order valence-corrected chi connectivity index (χ2v) is 5.05. The molecule has 4 heteroatoms. The number of methoxy groups -OCH3 is 1. The van der Waals surface area contributed by atoms with Crippen molar-refractivity contribution >= 4 is 45.2 Å². The number of hydrogen-bond donors (Lipinski definition) is 1. The van der Waals surface area contributed by atoms with Crippen molar-refractivity contribution in [3.63, 3.8) is 0 Å². The number of phenolic OH excluding ortho intramolecular Hbond substituents is 1. The van der Waals surface area contributed by atoms with E-state index in [9.17, 15) is 5.11 Å². The normalized spacial score (nSPS) is 10.4. The summed E-state index contributed by atoms with van der Waals surface area (Å²) in [6.45, 7) is 0.643. The van der Waals surface area contributed by atoms with Gasteiger partial charge in [0.25, 0.3) is 0 Å². The summed E-state index contributed by atoms with van der Waals surface area (Å²) in [4.78, 5) is 0. The van der Waals surface area contributed by atoms with Crippen LogP contribution in [-0.2, 0) is 11.2 Å². The first-order valence-electron chi connectivity index (χ1n) is 3.81. The molecule has 72 valence electrons. The molecule has 0 amide bonds. The molecule has 0 atom stereocenters. The topological polar surface area (TPSA) is 29.5 Å². The summed E-state index contributed by atoms with van der Waals surface area (Å²) in [6, 6.07) is 3.93. The summed E-state index contributed by atoms with van der Waals surface area (Å²) >= 11 is 4.37. The fourth-order valence-corrected chi connectivity index (χ4v) is 2.99. The minimum absolute atomic E-state index is 0.387. The van der Waals surface area contributed by atoms with Crippen LogP contribution in [0.3, 0.4) is 0 Å². The minimum Gasteiger partial charge on any atom is -0.507 e. The van der Waals surface area contributed by atoms with Gasteiger partial charge in [-0.05, 0) is 69.3 Å². The van der Waals surface area contributed by atoms with E-state index < -0.39 is 0 Å². The van der Waals surface area contributed by atoms with Crippen LogP contribution < -0.4 is 0 Å². The monoisotopic (exact) mass is 404 g/mol. The van der Waals surface area contributed by atoms with Crippen molar-refractivity contribution in [2.75, 3.05) is 13.7 Å². The molecule has 1 N–H and O–H groups in total. The molecule has 0 saturated carbocycles. The molecule has 0 aromatic heterocycles. The van der Waals surface area contributed by atoms with E-state index >= 15 is 0 Å². The first kappa shape index (κ1) is 11.5. The lowest BCUT2D eigenvalue weighted by molar-refractivity contribution is 0.201. The molecule has 0 bridgehead atoms. The van der Waals surface area contributed by atoms with Crippen LogP contribution in [0.1, 0.15) is 5.56 Å². The van der Waals surface area contributed by atoms with Gasteiger partial charge in [0.1, 0.15) is 5.75 Å². The molecule has 13 heavy (non-hydrogen) atoms. The predicted molar refractivity (Wildman–Crippen MR) is 69.1 cm³/mol. The van der Waals surface area contributed by atoms with Gasteiger partial charge in [-0.15, -0.1) is 0 Å². The molecule has 0 saturated heterocycles. The maximum absolute atomic E-state index is 9.68. The van der Waals surface area contributed by atoms with Gasteiger partial charge in [-0.25, -0.2) is 0 Å². The molecular formula is C9H10I2O2. The van der Waals surface area contributed by atoms with Crippen LogP contribution in [0.5, 0.6) is 5.75 Å². The Balaban J connectivity index is 2.92. The highest BCUT2D eigenvalue weighted by molar-refractivity contribution is 14.1. The zero-order chi connectivity index (χ0) is 9.84. The Kier molecular flexibility index (Phi) is 4.74. The molecule has 0 heterocycles. The molecule has 0 fully saturated rings. The highest BCUT2D eigenvalue weighted by Gasteiger charge is 2.06. The van der Waals surface area contributed by atoms with E-state index in [4.69, 9.17) is 4.74 Å². The van der Waals surface area contributed by atoms with Crippen LogP contribution in [0.25, 0.3) is 0 Å². The Morgan fingerprint density at radius 3 is 2.69 bits per heavy atom. The average Bonchev–Trinajstić information content (AvgIpc) is 2.09. The molecule has 0 radical (unpaired) electrons. The van der Waals surface area contributed by atoms with E-state index in [2.05, 4.69) is 45.2 Å². The maximum Gasteiger partial charge on any atom is 0.132 e. The van der Waals surface area contributed by atoms with Crippen molar-refractivity contribution in [2.24, 2.45) is 0 Å². The largest absolute Gasteiger partial charge is 0.507 e. The number of rotatable bonds is 3. The third kappa shape index (κ3) is 3.25. The molecule has 0 unspecified atom stereocenters. The van der Waals surface area contributed by atoms with Crippen LogP contribution in [0, 0.1) is 7.14 Å². The summed E-state index contributed by atoms with van der Waals surface area (Å²) in [7, 11) is 1.66. The van der Waals surface area contributed by atoms with Crippen LogP contribution >= 0.6 is 45.2 Å². The van der Waals surface area contributed by atoms with E-state index in [1.807, 2.05) is 12.1 Å². The lowest BCUT2D eigenvalue weighted by Crippen LogP contribution is -1.96. The van der Waals surface area contributed by atoms with Gasteiger partial charge >= 0.3 is 0 Å². The fourth-order valence-electron chi connectivity index (χ4n) is 1.02. The van der Waals surface area contributed by atoms with Crippen molar-refractivity contribution in [3.05, 3.63) is 24.8 Å². The van der Waals surface area contributed by atoms with Crippen molar-refractivity contribution in [1.82, 2.24) is 0 Å². The Labute approximate surface area is 105 Å². The van der Waals surface area contributed by atoms with Gasteiger partial charge in [0, 0.05) is 10.7 Å². The molecule has 0 aliphatic rings. The number of benzene rings is 1. The number of ether oxygens (including phenoxy) is 1. The summed E-state index contributed by atoms with van der Waals surface area (Å²) in [5.74, 6) is 0.387. The van der Waals surface area contributed by atoms with Crippen molar-refractivity contribution < 1.29 is 9.84 Å². The standard InChI is InChI=1S/C9H10I2O2/c1-13-3-2-6-4-7(10)5-8(11)9(6)12/h4-5,12H,2-3H2,1H3. The molecule has 1 rings (SSSR count). The van der Waals surface area contributed by atoms with Crippen LogP contribution in [0.2, 0.25) is 0 Å². The zero-order valence-corrected chi connectivity index (χ0v) is 11.5. The van der Waals surface area contributed by atoms with E-state index in [1.54, 1.807) is 7.11 Å². The van der Waals surface area contributed by atoms with Gasteiger partial charge in [0.2, 0.25) is 0 Å². The van der Waals surface area contributed by atoms with Crippen molar-refractivity contribution in [3.8, 4) is 5.75 Å². The smallest absolute Gasteiger partial charge is 0.132 e. The van der Waals surface area contributed by atoms with Gasteiger partial charge in [-0.2, -0.15) is 0 Å². The third-order valence-electron chi connectivity index (χ3n) is 1.68. The summed E-state index contributed by atoms with van der Waals surface area (Å²) in [5.41, 5.74) is 0.957. The minimum atomic E-state index is 0.387. The molecule has 0 aliphatic heterocycles. The Bertz CT molecular complexity index is 300. The fraction of sp³-hybridized carbons (Fsp3) is 0.333. The van der Waals surface area contributed by atoms with Crippen molar-refractivity contribution in [2.45, 2.75) is 6.42 Å².